The van der Waals surface area contributed by atoms with Crippen LogP contribution in [-0.2, 0) is 12.7 Å². The van der Waals surface area contributed by atoms with E-state index in [-0.39, 0.29) is 23.8 Å². The fourth-order valence-corrected chi connectivity index (χ4v) is 1.86. The minimum Gasteiger partial charge on any atom is -0.507 e. The summed E-state index contributed by atoms with van der Waals surface area (Å²) >= 11 is 0. The molecular weight excluding hydrogens is 287 g/mol. The van der Waals surface area contributed by atoms with Crippen LogP contribution < -0.4 is 5.32 Å². The highest BCUT2D eigenvalue weighted by Crippen LogP contribution is 2.31. The number of carbonyl (C=O) groups excluding carboxylic acids is 1. The van der Waals surface area contributed by atoms with Gasteiger partial charge in [0, 0.05) is 6.54 Å². The number of hydrogen-bond donors (Lipinski definition) is 2. The number of benzene rings is 1. The van der Waals surface area contributed by atoms with Crippen molar-refractivity contribution in [3.8, 4) is 5.75 Å². The van der Waals surface area contributed by atoms with Gasteiger partial charge >= 0.3 is 6.18 Å². The number of carbonyl (C=O) groups is 1. The fourth-order valence-electron chi connectivity index (χ4n) is 1.86. The molecule has 2 aromatic rings. The molecule has 8 heteroatoms. The highest BCUT2D eigenvalue weighted by atomic mass is 19.4. The zero-order valence-corrected chi connectivity index (χ0v) is 11.0. The minimum atomic E-state index is -4.55. The van der Waals surface area contributed by atoms with Crippen LogP contribution in [0.5, 0.6) is 5.75 Å². The van der Waals surface area contributed by atoms with E-state index in [9.17, 15) is 23.1 Å². The van der Waals surface area contributed by atoms with E-state index in [1.807, 2.05) is 0 Å². The second-order valence-corrected chi connectivity index (χ2v) is 4.18. The molecule has 0 saturated heterocycles. The van der Waals surface area contributed by atoms with Gasteiger partial charge in [-0.2, -0.15) is 13.2 Å². The highest BCUT2D eigenvalue weighted by Gasteiger charge is 2.36. The number of phenols is 1. The lowest BCUT2D eigenvalue weighted by molar-refractivity contribution is -0.143. The minimum absolute atomic E-state index is 0.00870. The molecule has 0 aliphatic heterocycles. The molecule has 1 aromatic heterocycles. The van der Waals surface area contributed by atoms with Crippen LogP contribution in [0.25, 0.3) is 0 Å². The summed E-state index contributed by atoms with van der Waals surface area (Å²) in [5.74, 6) is -1.22. The Morgan fingerprint density at radius 1 is 1.38 bits per heavy atom. The summed E-state index contributed by atoms with van der Waals surface area (Å²) in [6.45, 7) is 1.50. The van der Waals surface area contributed by atoms with Gasteiger partial charge in [0.15, 0.2) is 0 Å². The molecule has 1 aromatic carbocycles. The number of hydrogen-bond acceptors (Lipinski definition) is 3. The first-order chi connectivity index (χ1) is 9.84. The van der Waals surface area contributed by atoms with E-state index in [0.29, 0.717) is 6.20 Å². The molecule has 0 saturated carbocycles. The quantitative estimate of drug-likeness (QED) is 0.915. The lowest BCUT2D eigenvalue weighted by Gasteiger charge is -2.12. The molecule has 0 aliphatic carbocycles. The Balaban J connectivity index is 2.31. The maximum atomic E-state index is 12.8. The Morgan fingerprint density at radius 3 is 2.62 bits per heavy atom. The third-order valence-corrected chi connectivity index (χ3v) is 2.84. The van der Waals surface area contributed by atoms with Gasteiger partial charge in [-0.05, 0) is 19.1 Å². The maximum absolute atomic E-state index is 12.8. The molecular formula is C13H12F3N3O2. The Labute approximate surface area is 118 Å². The van der Waals surface area contributed by atoms with Crippen LogP contribution in [0.2, 0.25) is 0 Å². The Kier molecular flexibility index (Phi) is 3.88. The number of imidazole rings is 1. The van der Waals surface area contributed by atoms with E-state index < -0.39 is 17.8 Å². The van der Waals surface area contributed by atoms with Crippen molar-refractivity contribution in [2.75, 3.05) is 5.32 Å². The number of aromatic hydroxyl groups is 1. The molecule has 0 aliphatic rings. The molecule has 0 atom stereocenters. The molecule has 2 N–H and O–H groups in total. The monoisotopic (exact) mass is 299 g/mol. The van der Waals surface area contributed by atoms with Crippen LogP contribution in [-0.4, -0.2) is 20.6 Å². The molecule has 112 valence electrons. The summed E-state index contributed by atoms with van der Waals surface area (Å²) in [6.07, 6.45) is -3.90. The number of para-hydroxylation sites is 1. The summed E-state index contributed by atoms with van der Waals surface area (Å²) in [5, 5.41) is 11.8. The van der Waals surface area contributed by atoms with E-state index in [2.05, 4.69) is 10.3 Å². The molecule has 0 radical (unpaired) electrons. The lowest BCUT2D eigenvalue weighted by Crippen LogP contribution is -2.19. The number of nitrogens with zero attached hydrogens (tertiary/aromatic N) is 2. The zero-order valence-electron chi connectivity index (χ0n) is 11.0. The largest absolute Gasteiger partial charge is 0.507 e. The van der Waals surface area contributed by atoms with Crippen LogP contribution in [0.1, 0.15) is 23.0 Å². The standard InChI is InChI=1S/C13H12F3N3O2/c1-2-19-10(13(14,15)16)7-17-12(19)18-11(21)8-5-3-4-6-9(8)20/h3-7,20H,2H2,1H3,(H,17,18,21). The molecule has 2 rings (SSSR count). The first-order valence-electron chi connectivity index (χ1n) is 6.06. The highest BCUT2D eigenvalue weighted by molar-refractivity contribution is 6.05. The summed E-state index contributed by atoms with van der Waals surface area (Å²) in [6, 6.07) is 5.72. The van der Waals surface area contributed by atoms with Gasteiger partial charge in [0.05, 0.1) is 11.8 Å². The van der Waals surface area contributed by atoms with Crippen LogP contribution >= 0.6 is 0 Å². The lowest BCUT2D eigenvalue weighted by atomic mass is 10.2. The fraction of sp³-hybridized carbons (Fsp3) is 0.231. The second-order valence-electron chi connectivity index (χ2n) is 4.18. The predicted molar refractivity (Wildman–Crippen MR) is 69.0 cm³/mol. The van der Waals surface area contributed by atoms with Crippen molar-refractivity contribution in [2.45, 2.75) is 19.6 Å². The third kappa shape index (κ3) is 2.99. The number of halogens is 3. The smallest absolute Gasteiger partial charge is 0.433 e. The second kappa shape index (κ2) is 5.47. The number of amides is 1. The van der Waals surface area contributed by atoms with Gasteiger partial charge < -0.3 is 9.67 Å². The SMILES string of the molecule is CCn1c(C(F)(F)F)cnc1NC(=O)c1ccccc1O. The predicted octanol–water partition coefficient (Wildman–Crippen LogP) is 2.88. The number of phenolic OH excluding ortho intramolecular Hbond substituents is 1. The maximum Gasteiger partial charge on any atom is 0.433 e. The summed E-state index contributed by atoms with van der Waals surface area (Å²) in [5.41, 5.74) is -0.991. The topological polar surface area (TPSA) is 67.2 Å². The normalized spacial score (nSPS) is 11.4. The van der Waals surface area contributed by atoms with Crippen molar-refractivity contribution >= 4 is 11.9 Å². The van der Waals surface area contributed by atoms with E-state index in [4.69, 9.17) is 0 Å². The van der Waals surface area contributed by atoms with Crippen molar-refractivity contribution in [3.63, 3.8) is 0 Å². The van der Waals surface area contributed by atoms with Crippen LogP contribution in [0.4, 0.5) is 19.1 Å². The van der Waals surface area contributed by atoms with Gasteiger partial charge in [-0.1, -0.05) is 12.1 Å². The van der Waals surface area contributed by atoms with Crippen LogP contribution in [0, 0.1) is 0 Å². The summed E-state index contributed by atoms with van der Waals surface area (Å²) in [4.78, 5) is 15.5. The number of nitrogens with one attached hydrogen (secondary N) is 1. The van der Waals surface area contributed by atoms with Crippen molar-refractivity contribution in [3.05, 3.63) is 41.7 Å². The average molecular weight is 299 g/mol. The first-order valence-corrected chi connectivity index (χ1v) is 6.06. The van der Waals surface area contributed by atoms with Crippen molar-refractivity contribution in [1.82, 2.24) is 9.55 Å². The van der Waals surface area contributed by atoms with Crippen molar-refractivity contribution in [2.24, 2.45) is 0 Å². The van der Waals surface area contributed by atoms with Gasteiger partial charge in [0.1, 0.15) is 11.4 Å². The van der Waals surface area contributed by atoms with Gasteiger partial charge in [-0.3, -0.25) is 10.1 Å². The summed E-state index contributed by atoms with van der Waals surface area (Å²) < 4.78 is 39.1. The molecule has 0 fully saturated rings. The number of rotatable bonds is 3. The van der Waals surface area contributed by atoms with Gasteiger partial charge in [0.2, 0.25) is 5.95 Å². The van der Waals surface area contributed by atoms with E-state index in [1.165, 1.54) is 31.2 Å². The number of aromatic nitrogens is 2. The van der Waals surface area contributed by atoms with Crippen molar-refractivity contribution in [1.29, 1.82) is 0 Å². The Hall–Kier alpha value is -2.51. The number of alkyl halides is 3. The van der Waals surface area contributed by atoms with Gasteiger partial charge in [-0.15, -0.1) is 0 Å². The van der Waals surface area contributed by atoms with Crippen molar-refractivity contribution < 1.29 is 23.1 Å². The van der Waals surface area contributed by atoms with Gasteiger partial charge in [-0.25, -0.2) is 4.98 Å². The Bertz CT molecular complexity index is 665. The first kappa shape index (κ1) is 14.9. The Morgan fingerprint density at radius 2 is 2.05 bits per heavy atom. The molecule has 0 spiro atoms. The zero-order chi connectivity index (χ0) is 15.6. The molecule has 0 unspecified atom stereocenters. The summed E-state index contributed by atoms with van der Waals surface area (Å²) in [7, 11) is 0. The molecule has 0 bridgehead atoms. The average Bonchev–Trinajstić information content (AvgIpc) is 2.81. The van der Waals surface area contributed by atoms with E-state index in [0.717, 1.165) is 4.57 Å². The van der Waals surface area contributed by atoms with E-state index in [1.54, 1.807) is 0 Å². The van der Waals surface area contributed by atoms with E-state index >= 15 is 0 Å². The number of anilines is 1. The third-order valence-electron chi connectivity index (χ3n) is 2.84. The molecule has 1 amide bonds. The van der Waals surface area contributed by atoms with Crippen LogP contribution in [0.15, 0.2) is 30.5 Å². The molecule has 21 heavy (non-hydrogen) atoms. The van der Waals surface area contributed by atoms with Crippen LogP contribution in [0.3, 0.4) is 0 Å². The molecule has 5 nitrogen and oxygen atoms in total. The van der Waals surface area contributed by atoms with Gasteiger partial charge in [0.25, 0.3) is 5.91 Å². The molecule has 1 heterocycles.